The zero-order chi connectivity index (χ0) is 12.8. The molecule has 0 aliphatic carbocycles. The van der Waals surface area contributed by atoms with Crippen LogP contribution in [0.3, 0.4) is 0 Å². The van der Waals surface area contributed by atoms with Gasteiger partial charge in [0.15, 0.2) is 5.82 Å². The molecule has 0 spiro atoms. The molecule has 0 bridgehead atoms. The van der Waals surface area contributed by atoms with Gasteiger partial charge >= 0.3 is 5.97 Å². The molecule has 18 heavy (non-hydrogen) atoms. The number of rotatable bonds is 6. The molecule has 0 unspecified atom stereocenters. The molecule has 0 atom stereocenters. The molecular formula is C11H17N3O4. The normalized spacial score (nSPS) is 18.0. The monoisotopic (exact) mass is 255 g/mol. The number of carboxylic acid groups (broad SMARTS) is 1. The molecule has 2 rings (SSSR count). The molecule has 2 heterocycles. The second-order valence-electron chi connectivity index (χ2n) is 4.34. The lowest BCUT2D eigenvalue weighted by Crippen LogP contribution is -2.37. The van der Waals surface area contributed by atoms with Crippen LogP contribution in [0.4, 0.5) is 0 Å². The maximum absolute atomic E-state index is 10.4. The van der Waals surface area contributed by atoms with Crippen molar-refractivity contribution in [3.05, 3.63) is 12.2 Å². The Labute approximate surface area is 105 Å². The molecule has 0 radical (unpaired) electrons. The summed E-state index contributed by atoms with van der Waals surface area (Å²) in [6.45, 7) is 2.81. The molecule has 0 saturated carbocycles. The maximum atomic E-state index is 10.4. The summed E-state index contributed by atoms with van der Waals surface area (Å²) in [5.41, 5.74) is 0. The Bertz CT molecular complexity index is 360. The van der Waals surface area contributed by atoms with E-state index in [1.807, 2.05) is 0 Å². The number of aromatic nitrogens is 2. The maximum Gasteiger partial charge on any atom is 0.305 e. The summed E-state index contributed by atoms with van der Waals surface area (Å²) in [6, 6.07) is 0. The van der Waals surface area contributed by atoms with Gasteiger partial charge in [-0.05, 0) is 12.8 Å². The Morgan fingerprint density at radius 3 is 2.94 bits per heavy atom. The molecule has 0 amide bonds. The Balaban J connectivity index is 1.63. The second kappa shape index (κ2) is 6.46. The molecule has 1 saturated heterocycles. The molecule has 100 valence electrons. The molecule has 1 fully saturated rings. The lowest BCUT2D eigenvalue weighted by atomic mass is 10.1. The van der Waals surface area contributed by atoms with E-state index >= 15 is 0 Å². The van der Waals surface area contributed by atoms with Crippen molar-refractivity contribution in [3.63, 3.8) is 0 Å². The van der Waals surface area contributed by atoms with Crippen LogP contribution >= 0.6 is 0 Å². The summed E-state index contributed by atoms with van der Waals surface area (Å²) in [5.74, 6) is -0.121. The smallest absolute Gasteiger partial charge is 0.305 e. The lowest BCUT2D eigenvalue weighted by Gasteiger charge is -2.30. The van der Waals surface area contributed by atoms with Gasteiger partial charge in [-0.1, -0.05) is 5.16 Å². The van der Waals surface area contributed by atoms with Gasteiger partial charge < -0.3 is 14.4 Å². The highest BCUT2D eigenvalue weighted by Crippen LogP contribution is 2.15. The number of nitrogens with zero attached hydrogens (tertiary/aromatic N) is 3. The molecule has 1 aliphatic rings. The Kier molecular flexibility index (Phi) is 4.66. The van der Waals surface area contributed by atoms with Crippen LogP contribution in [0.1, 0.15) is 25.1 Å². The summed E-state index contributed by atoms with van der Waals surface area (Å²) < 4.78 is 10.2. The van der Waals surface area contributed by atoms with Crippen LogP contribution < -0.4 is 0 Å². The summed E-state index contributed by atoms with van der Waals surface area (Å²) in [4.78, 5) is 16.6. The van der Waals surface area contributed by atoms with Crippen molar-refractivity contribution in [1.29, 1.82) is 0 Å². The van der Waals surface area contributed by atoms with Crippen LogP contribution in [0.25, 0.3) is 0 Å². The fourth-order valence-electron chi connectivity index (χ4n) is 2.01. The van der Waals surface area contributed by atoms with Crippen LogP contribution in [-0.4, -0.2) is 51.9 Å². The third kappa shape index (κ3) is 4.08. The first-order valence-corrected chi connectivity index (χ1v) is 6.05. The number of hydrogen-bond acceptors (Lipinski definition) is 6. The minimum absolute atomic E-state index is 0.0725. The number of aliphatic carboxylic acids is 1. The van der Waals surface area contributed by atoms with Gasteiger partial charge in [0.05, 0.1) is 25.7 Å². The SMILES string of the molecule is O=C(O)CCOC1CCN(Cc2ncon2)CC1. The van der Waals surface area contributed by atoms with Gasteiger partial charge in [-0.15, -0.1) is 0 Å². The van der Waals surface area contributed by atoms with E-state index < -0.39 is 5.97 Å². The Morgan fingerprint density at radius 2 is 2.33 bits per heavy atom. The quantitative estimate of drug-likeness (QED) is 0.792. The number of hydrogen-bond donors (Lipinski definition) is 1. The fourth-order valence-corrected chi connectivity index (χ4v) is 2.01. The summed E-state index contributed by atoms with van der Waals surface area (Å²) in [6.07, 6.45) is 3.40. The van der Waals surface area contributed by atoms with Crippen molar-refractivity contribution in [2.24, 2.45) is 0 Å². The van der Waals surface area contributed by atoms with Crippen molar-refractivity contribution >= 4 is 5.97 Å². The first kappa shape index (κ1) is 13.0. The van der Waals surface area contributed by atoms with Crippen molar-refractivity contribution in [3.8, 4) is 0 Å². The predicted octanol–water partition coefficient (Wildman–Crippen LogP) is 0.525. The second-order valence-corrected chi connectivity index (χ2v) is 4.34. The van der Waals surface area contributed by atoms with Crippen molar-refractivity contribution < 1.29 is 19.2 Å². The van der Waals surface area contributed by atoms with Gasteiger partial charge in [-0.2, -0.15) is 4.98 Å². The molecule has 7 nitrogen and oxygen atoms in total. The molecular weight excluding hydrogens is 238 g/mol. The Hall–Kier alpha value is -1.47. The van der Waals surface area contributed by atoms with Crippen molar-refractivity contribution in [1.82, 2.24) is 15.0 Å². The van der Waals surface area contributed by atoms with Crippen LogP contribution in [0.5, 0.6) is 0 Å². The van der Waals surface area contributed by atoms with E-state index in [0.29, 0.717) is 19.0 Å². The van der Waals surface area contributed by atoms with Gasteiger partial charge in [0, 0.05) is 13.1 Å². The molecule has 1 aromatic heterocycles. The van der Waals surface area contributed by atoms with Crippen molar-refractivity contribution in [2.75, 3.05) is 19.7 Å². The molecule has 1 aliphatic heterocycles. The first-order valence-electron chi connectivity index (χ1n) is 6.05. The zero-order valence-corrected chi connectivity index (χ0v) is 10.1. The molecule has 0 aromatic carbocycles. The number of ether oxygens (including phenoxy) is 1. The summed E-state index contributed by atoms with van der Waals surface area (Å²) >= 11 is 0. The van der Waals surface area contributed by atoms with E-state index in [2.05, 4.69) is 19.6 Å². The van der Waals surface area contributed by atoms with E-state index in [-0.39, 0.29) is 12.5 Å². The van der Waals surface area contributed by atoms with Gasteiger partial charge in [-0.25, -0.2) is 0 Å². The third-order valence-corrected chi connectivity index (χ3v) is 2.98. The third-order valence-electron chi connectivity index (χ3n) is 2.98. The van der Waals surface area contributed by atoms with Crippen LogP contribution in [0.2, 0.25) is 0 Å². The van der Waals surface area contributed by atoms with Crippen LogP contribution in [0.15, 0.2) is 10.9 Å². The summed E-state index contributed by atoms with van der Waals surface area (Å²) in [5, 5.41) is 12.3. The van der Waals surface area contributed by atoms with E-state index in [1.165, 1.54) is 6.39 Å². The van der Waals surface area contributed by atoms with E-state index in [9.17, 15) is 4.79 Å². The number of likely N-dealkylation sites (tertiary alicyclic amines) is 1. The number of carbonyl (C=O) groups is 1. The standard InChI is InChI=1S/C11H17N3O4/c15-11(16)3-6-17-9-1-4-14(5-2-9)7-10-12-8-18-13-10/h8-9H,1-7H2,(H,15,16). The molecule has 1 aromatic rings. The van der Waals surface area contributed by atoms with Gasteiger partial charge in [0.2, 0.25) is 6.39 Å². The molecule has 1 N–H and O–H groups in total. The summed E-state index contributed by atoms with van der Waals surface area (Å²) in [7, 11) is 0. The highest BCUT2D eigenvalue weighted by atomic mass is 16.5. The lowest BCUT2D eigenvalue weighted by molar-refractivity contribution is -0.138. The van der Waals surface area contributed by atoms with Crippen LogP contribution in [0, 0.1) is 0 Å². The van der Waals surface area contributed by atoms with E-state index in [4.69, 9.17) is 9.84 Å². The van der Waals surface area contributed by atoms with E-state index in [1.54, 1.807) is 0 Å². The minimum atomic E-state index is -0.815. The minimum Gasteiger partial charge on any atom is -0.481 e. The Morgan fingerprint density at radius 1 is 1.56 bits per heavy atom. The van der Waals surface area contributed by atoms with E-state index in [0.717, 1.165) is 25.9 Å². The van der Waals surface area contributed by atoms with Gasteiger partial charge in [-0.3, -0.25) is 9.69 Å². The topological polar surface area (TPSA) is 88.7 Å². The largest absolute Gasteiger partial charge is 0.481 e. The fraction of sp³-hybridized carbons (Fsp3) is 0.727. The highest BCUT2D eigenvalue weighted by Gasteiger charge is 2.20. The average Bonchev–Trinajstić information content (AvgIpc) is 2.84. The predicted molar refractivity (Wildman–Crippen MR) is 60.8 cm³/mol. The van der Waals surface area contributed by atoms with Crippen molar-refractivity contribution in [2.45, 2.75) is 31.9 Å². The van der Waals surface area contributed by atoms with Crippen LogP contribution in [-0.2, 0) is 16.1 Å². The molecule has 7 heteroatoms. The average molecular weight is 255 g/mol. The highest BCUT2D eigenvalue weighted by molar-refractivity contribution is 5.66. The van der Waals surface area contributed by atoms with Gasteiger partial charge in [0.25, 0.3) is 0 Å². The first-order chi connectivity index (χ1) is 8.74. The zero-order valence-electron chi connectivity index (χ0n) is 10.1. The number of piperidine rings is 1. The van der Waals surface area contributed by atoms with Gasteiger partial charge in [0.1, 0.15) is 0 Å². The number of carboxylic acids is 1.